The van der Waals surface area contributed by atoms with Gasteiger partial charge >= 0.3 is 7.12 Å². The van der Waals surface area contributed by atoms with Gasteiger partial charge in [0.05, 0.1) is 6.85 Å². The van der Waals surface area contributed by atoms with Crippen molar-refractivity contribution >= 4 is 12.6 Å². The molecule has 0 amide bonds. The summed E-state index contributed by atoms with van der Waals surface area (Å²) >= 11 is 0. The van der Waals surface area contributed by atoms with Gasteiger partial charge in [0.15, 0.2) is 0 Å². The zero-order valence-corrected chi connectivity index (χ0v) is 8.38. The minimum atomic E-state index is -2.23. The summed E-state index contributed by atoms with van der Waals surface area (Å²) in [7, 11) is -2.23. The van der Waals surface area contributed by atoms with E-state index in [2.05, 4.69) is 0 Å². The van der Waals surface area contributed by atoms with E-state index in [1.165, 1.54) is 0 Å². The molecule has 0 saturated carbocycles. The molecule has 0 fully saturated rings. The molecule has 2 aromatic carbocycles. The van der Waals surface area contributed by atoms with E-state index >= 15 is 0 Å². The van der Waals surface area contributed by atoms with Crippen LogP contribution in [0.2, 0.25) is 0 Å². The Morgan fingerprint density at radius 2 is 1.65 bits per heavy atom. The maximum absolute atomic E-state index is 14.0. The van der Waals surface area contributed by atoms with Gasteiger partial charge in [0.25, 0.3) is 0 Å². The molecule has 0 aliphatic rings. The van der Waals surface area contributed by atoms with E-state index in [1.807, 2.05) is 0 Å². The van der Waals surface area contributed by atoms with Gasteiger partial charge in [-0.05, 0) is 11.6 Å². The van der Waals surface area contributed by atoms with Crippen molar-refractivity contribution in [2.75, 3.05) is 0 Å². The van der Waals surface area contributed by atoms with Gasteiger partial charge in [-0.15, -0.1) is 0 Å². The molecule has 0 aliphatic heterocycles. The fraction of sp³-hybridized carbons (Fsp3) is 0. The third kappa shape index (κ3) is 2.35. The Morgan fingerprint density at radius 1 is 1.00 bits per heavy atom. The van der Waals surface area contributed by atoms with Crippen molar-refractivity contribution in [2.45, 2.75) is 0 Å². The predicted molar refractivity (Wildman–Crippen MR) is 61.6 cm³/mol. The Hall–Kier alpha value is -1.72. The Bertz CT molecular complexity index is 741. The van der Waals surface area contributed by atoms with Crippen molar-refractivity contribution in [3.63, 3.8) is 0 Å². The number of benzene rings is 2. The quantitative estimate of drug-likeness (QED) is 0.775. The molecule has 2 N–H and O–H groups in total. The molecule has 0 saturated heterocycles. The minimum absolute atomic E-state index is 0.366. The van der Waals surface area contributed by atoms with Crippen LogP contribution in [0.15, 0.2) is 42.3 Å². The molecule has 0 radical (unpaired) electrons. The molecular weight excluding hydrogens is 225 g/mol. The molecule has 0 spiro atoms. The number of hydrogen-bond donors (Lipinski definition) is 2. The molecule has 0 bridgehead atoms. The second-order valence-corrected chi connectivity index (χ2v) is 3.23. The molecule has 17 heavy (non-hydrogen) atoms. The molecule has 0 unspecified atom stereocenters. The summed E-state index contributed by atoms with van der Waals surface area (Å²) in [6, 6.07) is -2.27. The van der Waals surface area contributed by atoms with E-state index in [0.29, 0.717) is 12.1 Å². The molecule has 2 aromatic rings. The highest BCUT2D eigenvalue weighted by Gasteiger charge is 2.19. The predicted octanol–water partition coefficient (Wildman–Crippen LogP) is 1.31. The molecule has 2 nitrogen and oxygen atoms in total. The first kappa shape index (κ1) is 6.88. The fourth-order valence-electron chi connectivity index (χ4n) is 1.34. The van der Waals surface area contributed by atoms with E-state index in [1.54, 1.807) is 0 Å². The van der Waals surface area contributed by atoms with Crippen LogP contribution in [-0.4, -0.2) is 17.2 Å². The molecule has 5 heteroatoms. The van der Waals surface area contributed by atoms with Crippen LogP contribution >= 0.6 is 0 Å². The van der Waals surface area contributed by atoms with Gasteiger partial charge in [-0.3, -0.25) is 0 Å². The maximum Gasteiger partial charge on any atom is 0.491 e. The SMILES string of the molecule is [2H]c1c([2H])c([2H])c(-c2cc(B(O)O)c(F)cc2F)c([2H])c1[2H]. The maximum atomic E-state index is 14.0. The van der Waals surface area contributed by atoms with E-state index in [9.17, 15) is 8.78 Å². The molecular formula is C12H9BF2O2. The van der Waals surface area contributed by atoms with Crippen molar-refractivity contribution in [1.82, 2.24) is 0 Å². The summed E-state index contributed by atoms with van der Waals surface area (Å²) in [4.78, 5) is 0. The van der Waals surface area contributed by atoms with Crippen molar-refractivity contribution in [2.24, 2.45) is 0 Å². The minimum Gasteiger partial charge on any atom is -0.423 e. The Labute approximate surface area is 104 Å². The topological polar surface area (TPSA) is 40.5 Å². The van der Waals surface area contributed by atoms with Crippen LogP contribution in [0.25, 0.3) is 11.1 Å². The Kier molecular flexibility index (Phi) is 1.88. The van der Waals surface area contributed by atoms with Crippen LogP contribution in [-0.2, 0) is 0 Å². The summed E-state index contributed by atoms with van der Waals surface area (Å²) in [6.07, 6.45) is 0. The first-order chi connectivity index (χ1) is 10.2. The van der Waals surface area contributed by atoms with Crippen molar-refractivity contribution < 1.29 is 25.7 Å². The van der Waals surface area contributed by atoms with Gasteiger partial charge in [0.1, 0.15) is 11.6 Å². The lowest BCUT2D eigenvalue weighted by atomic mass is 9.78. The first-order valence-electron chi connectivity index (χ1n) is 7.09. The van der Waals surface area contributed by atoms with Crippen molar-refractivity contribution in [3.8, 4) is 11.1 Å². The first-order valence-corrected chi connectivity index (χ1v) is 4.59. The van der Waals surface area contributed by atoms with Gasteiger partial charge in [-0.2, -0.15) is 0 Å². The van der Waals surface area contributed by atoms with Crippen molar-refractivity contribution in [3.05, 3.63) is 54.0 Å². The molecule has 0 aliphatic carbocycles. The van der Waals surface area contributed by atoms with E-state index in [-0.39, 0.29) is 0 Å². The zero-order chi connectivity index (χ0) is 16.8. The lowest BCUT2D eigenvalue weighted by Gasteiger charge is -2.08. The van der Waals surface area contributed by atoms with Crippen LogP contribution in [0.5, 0.6) is 0 Å². The van der Waals surface area contributed by atoms with Gasteiger partial charge in [0.2, 0.25) is 0 Å². The average Bonchev–Trinajstić information content (AvgIpc) is 2.45. The standard InChI is InChI=1S/C12H9BF2O2/c14-11-7-12(15)10(13(16)17)6-9(11)8-4-2-1-3-5-8/h1-7,16-17H/i1D,2D,3D,4D,5D. The van der Waals surface area contributed by atoms with Crippen LogP contribution in [0.3, 0.4) is 0 Å². The normalized spacial score (nSPS) is 14.5. The summed E-state index contributed by atoms with van der Waals surface area (Å²) in [6.45, 7) is 0. The monoisotopic (exact) mass is 239 g/mol. The molecule has 2 rings (SSSR count). The summed E-state index contributed by atoms with van der Waals surface area (Å²) in [5.41, 5.74) is -1.66. The lowest BCUT2D eigenvalue weighted by Crippen LogP contribution is -2.33. The van der Waals surface area contributed by atoms with Crippen molar-refractivity contribution in [1.29, 1.82) is 0 Å². The summed E-state index contributed by atoms with van der Waals surface area (Å²) in [5.74, 6) is -2.40. The zero-order valence-electron chi connectivity index (χ0n) is 13.4. The Balaban J connectivity index is 2.86. The second kappa shape index (κ2) is 4.65. The lowest BCUT2D eigenvalue weighted by molar-refractivity contribution is 0.422. The fourth-order valence-corrected chi connectivity index (χ4v) is 1.34. The number of rotatable bonds is 2. The van der Waals surface area contributed by atoms with Crippen LogP contribution in [0.4, 0.5) is 8.78 Å². The van der Waals surface area contributed by atoms with E-state index in [0.717, 1.165) is 0 Å². The molecule has 0 atom stereocenters. The smallest absolute Gasteiger partial charge is 0.423 e. The highest BCUT2D eigenvalue weighted by atomic mass is 19.1. The molecule has 86 valence electrons. The third-order valence-electron chi connectivity index (χ3n) is 2.13. The molecule has 0 heterocycles. The number of halogens is 2. The van der Waals surface area contributed by atoms with Gasteiger partial charge in [-0.1, -0.05) is 30.2 Å². The van der Waals surface area contributed by atoms with E-state index in [4.69, 9.17) is 16.9 Å². The summed E-state index contributed by atoms with van der Waals surface area (Å²) < 4.78 is 65.4. The van der Waals surface area contributed by atoms with E-state index < -0.39 is 65.6 Å². The van der Waals surface area contributed by atoms with Gasteiger partial charge < -0.3 is 10.0 Å². The highest BCUT2D eigenvalue weighted by molar-refractivity contribution is 6.58. The second-order valence-electron chi connectivity index (χ2n) is 3.23. The number of hydrogen-bond acceptors (Lipinski definition) is 2. The van der Waals surface area contributed by atoms with Crippen LogP contribution < -0.4 is 5.46 Å². The van der Waals surface area contributed by atoms with Crippen LogP contribution in [0, 0.1) is 11.6 Å². The molecule has 0 aromatic heterocycles. The van der Waals surface area contributed by atoms with Gasteiger partial charge in [0, 0.05) is 17.1 Å². The third-order valence-corrected chi connectivity index (χ3v) is 2.13. The largest absolute Gasteiger partial charge is 0.491 e. The average molecular weight is 239 g/mol. The van der Waals surface area contributed by atoms with Crippen LogP contribution in [0.1, 0.15) is 6.85 Å². The van der Waals surface area contributed by atoms with Gasteiger partial charge in [-0.25, -0.2) is 8.78 Å². The Morgan fingerprint density at radius 3 is 2.24 bits per heavy atom. The summed E-state index contributed by atoms with van der Waals surface area (Å²) in [5, 5.41) is 18.1. The highest BCUT2D eigenvalue weighted by Crippen LogP contribution is 2.22.